The molecule has 96 valence electrons. The first kappa shape index (κ1) is 14.2. The van der Waals surface area contributed by atoms with Gasteiger partial charge in [0.05, 0.1) is 5.41 Å². The molecule has 0 saturated heterocycles. The van der Waals surface area contributed by atoms with Crippen molar-refractivity contribution in [3.05, 3.63) is 21.9 Å². The fourth-order valence-electron chi connectivity index (χ4n) is 1.88. The van der Waals surface area contributed by atoms with Crippen molar-refractivity contribution in [1.29, 1.82) is 0 Å². The zero-order valence-electron chi connectivity index (χ0n) is 10.7. The van der Waals surface area contributed by atoms with Crippen molar-refractivity contribution >= 4 is 17.3 Å². The molecule has 4 heteroatoms. The number of rotatable bonds is 7. The predicted molar refractivity (Wildman–Crippen MR) is 71.4 cm³/mol. The van der Waals surface area contributed by atoms with Crippen LogP contribution in [-0.2, 0) is 11.3 Å². The van der Waals surface area contributed by atoms with Gasteiger partial charge in [-0.25, -0.2) is 0 Å². The van der Waals surface area contributed by atoms with Crippen molar-refractivity contribution in [2.75, 3.05) is 6.54 Å². The van der Waals surface area contributed by atoms with Gasteiger partial charge in [0.2, 0.25) is 0 Å². The average Bonchev–Trinajstić information content (AvgIpc) is 2.70. The van der Waals surface area contributed by atoms with E-state index in [9.17, 15) is 9.90 Å². The molecule has 0 amide bonds. The van der Waals surface area contributed by atoms with Crippen LogP contribution in [0, 0.1) is 12.3 Å². The third kappa shape index (κ3) is 3.30. The quantitative estimate of drug-likeness (QED) is 0.787. The monoisotopic (exact) mass is 255 g/mol. The molecule has 3 nitrogen and oxygen atoms in total. The van der Waals surface area contributed by atoms with Crippen LogP contribution in [0.4, 0.5) is 0 Å². The number of carboxylic acid groups (broad SMARTS) is 1. The summed E-state index contributed by atoms with van der Waals surface area (Å²) in [5.74, 6) is -0.696. The van der Waals surface area contributed by atoms with Crippen LogP contribution in [0.2, 0.25) is 0 Å². The number of nitrogens with one attached hydrogen (secondary N) is 1. The molecule has 1 aromatic heterocycles. The lowest BCUT2D eigenvalue weighted by Gasteiger charge is -2.26. The van der Waals surface area contributed by atoms with E-state index in [-0.39, 0.29) is 0 Å². The first-order valence-corrected chi connectivity index (χ1v) is 6.90. The lowest BCUT2D eigenvalue weighted by molar-refractivity contribution is -0.149. The molecule has 1 aromatic rings. The molecule has 0 fully saturated rings. The molecule has 0 aliphatic heterocycles. The molecule has 0 unspecified atom stereocenters. The third-order valence-electron chi connectivity index (χ3n) is 3.52. The van der Waals surface area contributed by atoms with Gasteiger partial charge < -0.3 is 10.4 Å². The summed E-state index contributed by atoms with van der Waals surface area (Å²) in [6.45, 7) is 7.26. The van der Waals surface area contributed by atoms with Crippen molar-refractivity contribution in [3.8, 4) is 0 Å². The Kier molecular flexibility index (Phi) is 5.15. The van der Waals surface area contributed by atoms with E-state index < -0.39 is 11.4 Å². The van der Waals surface area contributed by atoms with E-state index in [1.807, 2.05) is 13.8 Å². The summed E-state index contributed by atoms with van der Waals surface area (Å²) in [5, 5.41) is 14.6. The highest BCUT2D eigenvalue weighted by Crippen LogP contribution is 2.26. The number of aliphatic carboxylic acids is 1. The fraction of sp³-hybridized carbons (Fsp3) is 0.615. The molecule has 0 spiro atoms. The van der Waals surface area contributed by atoms with Crippen LogP contribution in [0.15, 0.2) is 11.4 Å². The Balaban J connectivity index is 2.54. The molecule has 1 heterocycles. The highest BCUT2D eigenvalue weighted by atomic mass is 32.1. The van der Waals surface area contributed by atoms with Gasteiger partial charge in [0.25, 0.3) is 0 Å². The SMILES string of the molecule is CCC(CC)(CNCc1sccc1C)C(=O)O. The minimum absolute atomic E-state index is 0.534. The number of carboxylic acids is 1. The third-order valence-corrected chi connectivity index (χ3v) is 4.55. The number of hydrogen-bond donors (Lipinski definition) is 2. The number of aryl methyl sites for hydroxylation is 1. The zero-order chi connectivity index (χ0) is 12.9. The predicted octanol–water partition coefficient (Wildman–Crippen LogP) is 3.04. The standard InChI is InChI=1S/C13H21NO2S/c1-4-13(5-2,12(15)16)9-14-8-11-10(3)6-7-17-11/h6-7,14H,4-5,8-9H2,1-3H3,(H,15,16). The minimum Gasteiger partial charge on any atom is -0.481 e. The molecule has 17 heavy (non-hydrogen) atoms. The molecule has 0 aliphatic rings. The summed E-state index contributed by atoms with van der Waals surface area (Å²) in [6.07, 6.45) is 1.32. The van der Waals surface area contributed by atoms with Crippen LogP contribution in [0.3, 0.4) is 0 Å². The van der Waals surface area contributed by atoms with Crippen LogP contribution in [-0.4, -0.2) is 17.6 Å². The number of thiophene rings is 1. The van der Waals surface area contributed by atoms with Gasteiger partial charge in [-0.15, -0.1) is 11.3 Å². The van der Waals surface area contributed by atoms with Crippen molar-refractivity contribution in [2.24, 2.45) is 5.41 Å². The average molecular weight is 255 g/mol. The molecule has 0 aliphatic carbocycles. The second-order valence-electron chi connectivity index (χ2n) is 4.42. The molecule has 0 radical (unpaired) electrons. The van der Waals surface area contributed by atoms with Gasteiger partial charge in [0.1, 0.15) is 0 Å². The topological polar surface area (TPSA) is 49.3 Å². The molecular formula is C13H21NO2S. The first-order chi connectivity index (χ1) is 8.05. The van der Waals surface area contributed by atoms with Gasteiger partial charge >= 0.3 is 5.97 Å². The Labute approximate surface area is 107 Å². The van der Waals surface area contributed by atoms with E-state index in [1.54, 1.807) is 11.3 Å². The Morgan fingerprint density at radius 1 is 1.47 bits per heavy atom. The lowest BCUT2D eigenvalue weighted by Crippen LogP contribution is -2.39. The molecule has 2 N–H and O–H groups in total. The smallest absolute Gasteiger partial charge is 0.310 e. The van der Waals surface area contributed by atoms with E-state index in [4.69, 9.17) is 0 Å². The second kappa shape index (κ2) is 6.17. The Morgan fingerprint density at radius 3 is 2.53 bits per heavy atom. The van der Waals surface area contributed by atoms with Crippen LogP contribution in [0.25, 0.3) is 0 Å². The van der Waals surface area contributed by atoms with Gasteiger partial charge in [0.15, 0.2) is 0 Å². The van der Waals surface area contributed by atoms with Crippen LogP contribution < -0.4 is 5.32 Å². The summed E-state index contributed by atoms with van der Waals surface area (Å²) in [6, 6.07) is 2.09. The summed E-state index contributed by atoms with van der Waals surface area (Å²) in [4.78, 5) is 12.6. The largest absolute Gasteiger partial charge is 0.481 e. The van der Waals surface area contributed by atoms with Crippen LogP contribution in [0.1, 0.15) is 37.1 Å². The minimum atomic E-state index is -0.696. The van der Waals surface area contributed by atoms with Crippen molar-refractivity contribution in [3.63, 3.8) is 0 Å². The molecule has 0 saturated carbocycles. The normalized spacial score (nSPS) is 11.7. The summed E-state index contributed by atoms with van der Waals surface area (Å²) in [5.41, 5.74) is 0.655. The highest BCUT2D eigenvalue weighted by Gasteiger charge is 2.34. The first-order valence-electron chi connectivity index (χ1n) is 6.03. The van der Waals surface area contributed by atoms with E-state index >= 15 is 0 Å². The van der Waals surface area contributed by atoms with Crippen LogP contribution >= 0.6 is 11.3 Å². The number of hydrogen-bond acceptors (Lipinski definition) is 3. The lowest BCUT2D eigenvalue weighted by atomic mass is 9.82. The van der Waals surface area contributed by atoms with Crippen LogP contribution in [0.5, 0.6) is 0 Å². The highest BCUT2D eigenvalue weighted by molar-refractivity contribution is 7.10. The summed E-state index contributed by atoms with van der Waals surface area (Å²) >= 11 is 1.71. The fourth-order valence-corrected chi connectivity index (χ4v) is 2.75. The molecular weight excluding hydrogens is 234 g/mol. The Hall–Kier alpha value is -0.870. The Bertz CT molecular complexity index is 369. The molecule has 1 rings (SSSR count). The van der Waals surface area contributed by atoms with Crippen molar-refractivity contribution in [2.45, 2.75) is 40.2 Å². The zero-order valence-corrected chi connectivity index (χ0v) is 11.6. The van der Waals surface area contributed by atoms with Gasteiger partial charge in [-0.1, -0.05) is 13.8 Å². The van der Waals surface area contributed by atoms with Crippen molar-refractivity contribution in [1.82, 2.24) is 5.32 Å². The second-order valence-corrected chi connectivity index (χ2v) is 5.42. The van der Waals surface area contributed by atoms with E-state index in [0.29, 0.717) is 19.4 Å². The van der Waals surface area contributed by atoms with Gasteiger partial charge in [0, 0.05) is 18.0 Å². The van der Waals surface area contributed by atoms with Gasteiger partial charge in [-0.05, 0) is 36.8 Å². The van der Waals surface area contributed by atoms with E-state index in [1.165, 1.54) is 10.4 Å². The Morgan fingerprint density at radius 2 is 2.12 bits per heavy atom. The van der Waals surface area contributed by atoms with Gasteiger partial charge in [-0.2, -0.15) is 0 Å². The molecule has 0 bridgehead atoms. The van der Waals surface area contributed by atoms with Crippen molar-refractivity contribution < 1.29 is 9.90 Å². The summed E-state index contributed by atoms with van der Waals surface area (Å²) in [7, 11) is 0. The maximum absolute atomic E-state index is 11.3. The summed E-state index contributed by atoms with van der Waals surface area (Å²) < 4.78 is 0. The number of carbonyl (C=O) groups is 1. The molecule has 0 atom stereocenters. The van der Waals surface area contributed by atoms with E-state index in [0.717, 1.165) is 6.54 Å². The van der Waals surface area contributed by atoms with Gasteiger partial charge in [-0.3, -0.25) is 4.79 Å². The van der Waals surface area contributed by atoms with E-state index in [2.05, 4.69) is 23.7 Å². The maximum atomic E-state index is 11.3. The molecule has 0 aromatic carbocycles. The maximum Gasteiger partial charge on any atom is 0.310 e.